The van der Waals surface area contributed by atoms with Crippen molar-refractivity contribution in [3.63, 3.8) is 0 Å². The van der Waals surface area contributed by atoms with E-state index in [9.17, 15) is 4.79 Å². The number of amidine groups is 1. The number of hydrogen-bond acceptors (Lipinski definition) is 5. The highest BCUT2D eigenvalue weighted by atomic mass is 35.5. The molecule has 0 saturated carbocycles. The van der Waals surface area contributed by atoms with Gasteiger partial charge in [0.2, 0.25) is 5.91 Å². The maximum atomic E-state index is 12.1. The number of anilines is 1. The number of nitrogens with one attached hydrogen (secondary N) is 2. The molecule has 150 valence electrons. The number of benzene rings is 2. The quantitative estimate of drug-likeness (QED) is 0.577. The molecule has 1 aromatic heterocycles. The number of ether oxygens (including phenoxy) is 1. The van der Waals surface area contributed by atoms with Crippen molar-refractivity contribution in [2.24, 2.45) is 4.99 Å². The van der Waals surface area contributed by atoms with Crippen molar-refractivity contribution in [2.75, 3.05) is 18.4 Å². The molecular formula is C23H19ClN4O2. The third-order valence-corrected chi connectivity index (χ3v) is 4.53. The van der Waals surface area contributed by atoms with Gasteiger partial charge in [-0.05, 0) is 54.1 Å². The van der Waals surface area contributed by atoms with Crippen molar-refractivity contribution in [1.29, 1.82) is 0 Å². The summed E-state index contributed by atoms with van der Waals surface area (Å²) < 4.78 is 5.96. The Morgan fingerprint density at radius 3 is 2.73 bits per heavy atom. The topological polar surface area (TPSA) is 75.6 Å². The molecule has 1 aliphatic rings. The van der Waals surface area contributed by atoms with Gasteiger partial charge in [0.05, 0.1) is 6.54 Å². The van der Waals surface area contributed by atoms with Gasteiger partial charge in [0.25, 0.3) is 0 Å². The van der Waals surface area contributed by atoms with Crippen molar-refractivity contribution in [3.8, 4) is 11.5 Å². The van der Waals surface area contributed by atoms with E-state index < -0.39 is 0 Å². The van der Waals surface area contributed by atoms with E-state index in [1.165, 1.54) is 6.08 Å². The first-order chi connectivity index (χ1) is 14.7. The molecule has 0 saturated heterocycles. The van der Waals surface area contributed by atoms with Gasteiger partial charge in [-0.15, -0.1) is 0 Å². The molecule has 4 rings (SSSR count). The molecule has 2 heterocycles. The molecule has 0 unspecified atom stereocenters. The lowest BCUT2D eigenvalue weighted by molar-refractivity contribution is -0.111. The first-order valence-electron chi connectivity index (χ1n) is 9.43. The zero-order chi connectivity index (χ0) is 20.8. The summed E-state index contributed by atoms with van der Waals surface area (Å²) in [5.41, 5.74) is 2.27. The van der Waals surface area contributed by atoms with Gasteiger partial charge in [-0.25, -0.2) is 0 Å². The van der Waals surface area contributed by atoms with E-state index in [0.717, 1.165) is 30.2 Å². The molecule has 6 nitrogen and oxygen atoms in total. The second-order valence-corrected chi connectivity index (χ2v) is 6.97. The number of carbonyl (C=O) groups excluding carboxylic acids is 1. The summed E-state index contributed by atoms with van der Waals surface area (Å²) in [5.74, 6) is 1.88. The Balaban J connectivity index is 1.41. The average molecular weight is 419 g/mol. The number of hydrogen-bond donors (Lipinski definition) is 2. The Hall–Kier alpha value is -3.64. The van der Waals surface area contributed by atoms with Crippen LogP contribution in [0.4, 0.5) is 5.69 Å². The van der Waals surface area contributed by atoms with Crippen molar-refractivity contribution >= 4 is 35.1 Å². The summed E-state index contributed by atoms with van der Waals surface area (Å²) in [4.78, 5) is 20.8. The van der Waals surface area contributed by atoms with Crippen molar-refractivity contribution in [1.82, 2.24) is 10.3 Å². The molecule has 0 atom stereocenters. The Morgan fingerprint density at radius 2 is 1.93 bits per heavy atom. The standard InChI is InChI=1S/C23H19ClN4O2/c24-17-5-7-18(8-6-17)28-22(29)9-4-16-2-1-3-19(14-16)30-20-10-11-25-21(15-20)23-26-12-13-27-23/h1-11,14-15H,12-13H2,(H,26,27)(H,28,29)/b9-4+. The Kier molecular flexibility index (Phi) is 6.06. The molecular weight excluding hydrogens is 400 g/mol. The molecule has 0 bridgehead atoms. The summed E-state index contributed by atoms with van der Waals surface area (Å²) in [7, 11) is 0. The second-order valence-electron chi connectivity index (χ2n) is 6.54. The van der Waals surface area contributed by atoms with Crippen LogP contribution in [0.25, 0.3) is 6.08 Å². The number of aliphatic imine (C=N–C) groups is 1. The molecule has 2 aromatic carbocycles. The summed E-state index contributed by atoms with van der Waals surface area (Å²) in [6, 6.07) is 18.1. The monoisotopic (exact) mass is 418 g/mol. The molecule has 1 aliphatic heterocycles. The third-order valence-electron chi connectivity index (χ3n) is 4.28. The number of amides is 1. The lowest BCUT2D eigenvalue weighted by Crippen LogP contribution is -2.20. The van der Waals surface area contributed by atoms with Crippen molar-refractivity contribution in [3.05, 3.63) is 89.2 Å². The number of halogens is 1. The highest BCUT2D eigenvalue weighted by molar-refractivity contribution is 6.30. The average Bonchev–Trinajstić information content (AvgIpc) is 3.30. The molecule has 1 amide bonds. The van der Waals surface area contributed by atoms with Gasteiger partial charge in [-0.2, -0.15) is 0 Å². The predicted octanol–water partition coefficient (Wildman–Crippen LogP) is 4.53. The van der Waals surface area contributed by atoms with Crippen molar-refractivity contribution < 1.29 is 9.53 Å². The second kappa shape index (κ2) is 9.24. The SMILES string of the molecule is O=C(/C=C/c1cccc(Oc2ccnc(C3=NCCN3)c2)c1)Nc1ccc(Cl)cc1. The molecule has 0 spiro atoms. The number of pyridine rings is 1. The van der Waals surface area contributed by atoms with E-state index >= 15 is 0 Å². The van der Waals surface area contributed by atoms with Crippen LogP contribution in [0.3, 0.4) is 0 Å². The van der Waals surface area contributed by atoms with E-state index in [0.29, 0.717) is 22.2 Å². The van der Waals surface area contributed by atoms with Crippen molar-refractivity contribution in [2.45, 2.75) is 0 Å². The zero-order valence-corrected chi connectivity index (χ0v) is 16.8. The zero-order valence-electron chi connectivity index (χ0n) is 16.0. The minimum Gasteiger partial charge on any atom is -0.457 e. The number of aromatic nitrogens is 1. The maximum absolute atomic E-state index is 12.1. The summed E-state index contributed by atoms with van der Waals surface area (Å²) >= 11 is 5.85. The van der Waals surface area contributed by atoms with Gasteiger partial charge < -0.3 is 15.4 Å². The van der Waals surface area contributed by atoms with Crippen LogP contribution in [-0.2, 0) is 4.79 Å². The Bertz CT molecular complexity index is 1110. The Labute approximate surface area is 179 Å². The third kappa shape index (κ3) is 5.24. The predicted molar refractivity (Wildman–Crippen MR) is 119 cm³/mol. The molecule has 30 heavy (non-hydrogen) atoms. The van der Waals surface area contributed by atoms with Gasteiger partial charge >= 0.3 is 0 Å². The van der Waals surface area contributed by atoms with Gasteiger partial charge in [0.15, 0.2) is 0 Å². The van der Waals surface area contributed by atoms with E-state index in [1.54, 1.807) is 42.6 Å². The normalized spacial score (nSPS) is 13.0. The fourth-order valence-electron chi connectivity index (χ4n) is 2.88. The molecule has 2 N–H and O–H groups in total. The summed E-state index contributed by atoms with van der Waals surface area (Å²) in [5, 5.41) is 6.61. The molecule has 0 aliphatic carbocycles. The molecule has 3 aromatic rings. The smallest absolute Gasteiger partial charge is 0.248 e. The molecule has 0 fully saturated rings. The minimum absolute atomic E-state index is 0.229. The van der Waals surface area contributed by atoms with Crippen LogP contribution in [0.1, 0.15) is 11.3 Å². The van der Waals surface area contributed by atoms with E-state index in [4.69, 9.17) is 16.3 Å². The van der Waals surface area contributed by atoms with E-state index in [-0.39, 0.29) is 5.91 Å². The van der Waals surface area contributed by atoms with Crippen LogP contribution in [0.15, 0.2) is 77.9 Å². The van der Waals surface area contributed by atoms with Crippen LogP contribution in [0.2, 0.25) is 5.02 Å². The highest BCUT2D eigenvalue weighted by Gasteiger charge is 2.10. The number of carbonyl (C=O) groups is 1. The minimum atomic E-state index is -0.229. The first kappa shape index (κ1) is 19.7. The van der Waals surface area contributed by atoms with Gasteiger partial charge in [0.1, 0.15) is 23.0 Å². The maximum Gasteiger partial charge on any atom is 0.248 e. The van der Waals surface area contributed by atoms with Gasteiger partial charge in [0, 0.05) is 35.6 Å². The first-order valence-corrected chi connectivity index (χ1v) is 9.81. The van der Waals surface area contributed by atoms with Crippen LogP contribution in [0.5, 0.6) is 11.5 Å². The highest BCUT2D eigenvalue weighted by Crippen LogP contribution is 2.23. The Morgan fingerprint density at radius 1 is 1.10 bits per heavy atom. The largest absolute Gasteiger partial charge is 0.457 e. The number of nitrogens with zero attached hydrogens (tertiary/aromatic N) is 2. The fourth-order valence-corrected chi connectivity index (χ4v) is 3.01. The lowest BCUT2D eigenvalue weighted by Gasteiger charge is -2.08. The molecule has 7 heteroatoms. The van der Waals surface area contributed by atoms with E-state index in [2.05, 4.69) is 20.6 Å². The summed E-state index contributed by atoms with van der Waals surface area (Å²) in [6.45, 7) is 1.57. The fraction of sp³-hybridized carbons (Fsp3) is 0.0870. The molecule has 0 radical (unpaired) electrons. The van der Waals surface area contributed by atoms with Crippen LogP contribution >= 0.6 is 11.6 Å². The number of rotatable bonds is 6. The lowest BCUT2D eigenvalue weighted by atomic mass is 10.2. The van der Waals surface area contributed by atoms with E-state index in [1.807, 2.05) is 30.3 Å². The summed E-state index contributed by atoms with van der Waals surface area (Å²) in [6.07, 6.45) is 4.90. The van der Waals surface area contributed by atoms with Crippen LogP contribution in [-0.4, -0.2) is 29.8 Å². The van der Waals surface area contributed by atoms with Crippen LogP contribution < -0.4 is 15.4 Å². The van der Waals surface area contributed by atoms with Gasteiger partial charge in [-0.1, -0.05) is 23.7 Å². The van der Waals surface area contributed by atoms with Gasteiger partial charge in [-0.3, -0.25) is 14.8 Å². The van der Waals surface area contributed by atoms with Crippen LogP contribution in [0, 0.1) is 0 Å².